The molecule has 0 aromatic carbocycles. The average Bonchev–Trinajstić information content (AvgIpc) is 2.78. The quantitative estimate of drug-likeness (QED) is 0.557. The Balaban J connectivity index is 1.80. The van der Waals surface area contributed by atoms with E-state index in [0.29, 0.717) is 10.9 Å². The molecule has 3 aromatic heterocycles. The van der Waals surface area contributed by atoms with E-state index < -0.39 is 0 Å². The van der Waals surface area contributed by atoms with Crippen molar-refractivity contribution in [2.24, 2.45) is 0 Å². The summed E-state index contributed by atoms with van der Waals surface area (Å²) >= 11 is 1.31. The fraction of sp³-hybridized carbons (Fsp3) is 0.0833. The van der Waals surface area contributed by atoms with Crippen LogP contribution in [-0.4, -0.2) is 24.5 Å². The molecule has 0 saturated heterocycles. The molecule has 3 aromatic rings. The summed E-state index contributed by atoms with van der Waals surface area (Å²) < 4.78 is 1.93. The zero-order chi connectivity index (χ0) is 13.2. The van der Waals surface area contributed by atoms with Crippen LogP contribution in [0.1, 0.15) is 5.69 Å². The molecule has 0 aliphatic rings. The Labute approximate surface area is 112 Å². The van der Waals surface area contributed by atoms with E-state index in [1.54, 1.807) is 0 Å². The second kappa shape index (κ2) is 4.77. The zero-order valence-corrected chi connectivity index (χ0v) is 10.6. The first kappa shape index (κ1) is 11.8. The van der Waals surface area contributed by atoms with Gasteiger partial charge >= 0.3 is 0 Å². The minimum atomic E-state index is -0.370. The van der Waals surface area contributed by atoms with Gasteiger partial charge in [-0.25, -0.2) is 4.98 Å². The fourth-order valence-corrected chi connectivity index (χ4v) is 2.44. The van der Waals surface area contributed by atoms with Gasteiger partial charge in [0.15, 0.2) is 5.16 Å². The summed E-state index contributed by atoms with van der Waals surface area (Å²) in [5.41, 5.74) is 1.38. The van der Waals surface area contributed by atoms with Gasteiger partial charge in [-0.15, -0.1) is 0 Å². The first-order valence-electron chi connectivity index (χ1n) is 5.56. The third-order valence-electron chi connectivity index (χ3n) is 2.48. The van der Waals surface area contributed by atoms with Crippen LogP contribution in [-0.2, 0) is 5.75 Å². The van der Waals surface area contributed by atoms with Crippen molar-refractivity contribution in [1.29, 1.82) is 0 Å². The van der Waals surface area contributed by atoms with E-state index in [4.69, 9.17) is 0 Å². The average molecular weight is 274 g/mol. The fourth-order valence-electron chi connectivity index (χ4n) is 1.69. The maximum Gasteiger partial charge on any atom is 0.255 e. The van der Waals surface area contributed by atoms with E-state index in [-0.39, 0.29) is 11.4 Å². The maximum absolute atomic E-state index is 11.2. The number of pyridine rings is 1. The Morgan fingerprint density at radius 1 is 1.37 bits per heavy atom. The summed E-state index contributed by atoms with van der Waals surface area (Å²) in [6, 6.07) is 6.81. The van der Waals surface area contributed by atoms with Crippen molar-refractivity contribution in [3.63, 3.8) is 0 Å². The number of H-pyrrole nitrogens is 1. The van der Waals surface area contributed by atoms with Crippen molar-refractivity contribution in [1.82, 2.24) is 19.4 Å². The molecule has 0 bridgehead atoms. The number of aromatic amines is 1. The Bertz CT molecular complexity index is 747. The molecule has 96 valence electrons. The van der Waals surface area contributed by atoms with Gasteiger partial charge in [0.1, 0.15) is 5.65 Å². The highest BCUT2D eigenvalue weighted by molar-refractivity contribution is 7.98. The number of rotatable bonds is 3. The SMILES string of the molecule is O=c1cc(O)nc(SCc2cn3ccccc3n2)[nH]1. The summed E-state index contributed by atoms with van der Waals surface area (Å²) in [5.74, 6) is 0.287. The van der Waals surface area contributed by atoms with Crippen LogP contribution in [0, 0.1) is 0 Å². The summed E-state index contributed by atoms with van der Waals surface area (Å²) in [5, 5.41) is 9.62. The lowest BCUT2D eigenvalue weighted by molar-refractivity contribution is 0.444. The van der Waals surface area contributed by atoms with Crippen molar-refractivity contribution in [3.05, 3.63) is 52.7 Å². The minimum Gasteiger partial charge on any atom is -0.493 e. The van der Waals surface area contributed by atoms with E-state index in [2.05, 4.69) is 15.0 Å². The number of hydrogen-bond donors (Lipinski definition) is 2. The second-order valence-corrected chi connectivity index (χ2v) is 4.86. The van der Waals surface area contributed by atoms with Crippen molar-refractivity contribution in [2.75, 3.05) is 0 Å². The van der Waals surface area contributed by atoms with Crippen LogP contribution in [0.15, 0.2) is 46.6 Å². The van der Waals surface area contributed by atoms with Crippen LogP contribution in [0.3, 0.4) is 0 Å². The number of imidazole rings is 1. The van der Waals surface area contributed by atoms with Gasteiger partial charge in [0.2, 0.25) is 5.88 Å². The maximum atomic E-state index is 11.2. The smallest absolute Gasteiger partial charge is 0.255 e. The summed E-state index contributed by atoms with van der Waals surface area (Å²) in [7, 11) is 0. The molecule has 0 atom stereocenters. The van der Waals surface area contributed by atoms with Crippen LogP contribution in [0.4, 0.5) is 0 Å². The minimum absolute atomic E-state index is 0.277. The molecular formula is C12H10N4O2S. The summed E-state index contributed by atoms with van der Waals surface area (Å²) in [6.07, 6.45) is 3.84. The third-order valence-corrected chi connectivity index (χ3v) is 3.38. The molecule has 2 N–H and O–H groups in total. The Kier molecular flexibility index (Phi) is 2.96. The van der Waals surface area contributed by atoms with Crippen molar-refractivity contribution in [3.8, 4) is 5.88 Å². The third kappa shape index (κ3) is 2.60. The number of hydrogen-bond acceptors (Lipinski definition) is 5. The number of aromatic hydroxyl groups is 1. The molecule has 19 heavy (non-hydrogen) atoms. The van der Waals surface area contributed by atoms with E-state index in [9.17, 15) is 9.90 Å². The lowest BCUT2D eigenvalue weighted by Gasteiger charge is -1.98. The van der Waals surface area contributed by atoms with Gasteiger partial charge in [-0.3, -0.25) is 4.79 Å². The molecule has 6 nitrogen and oxygen atoms in total. The standard InChI is InChI=1S/C12H10N4O2S/c17-10-5-11(18)15-12(14-10)19-7-8-6-16-4-2-1-3-9(16)13-8/h1-6H,7H2,(H2,14,15,17,18). The van der Waals surface area contributed by atoms with E-state index in [0.717, 1.165) is 17.4 Å². The largest absolute Gasteiger partial charge is 0.493 e. The van der Waals surface area contributed by atoms with E-state index >= 15 is 0 Å². The van der Waals surface area contributed by atoms with E-state index in [1.807, 2.05) is 35.0 Å². The Hall–Kier alpha value is -2.28. The lowest BCUT2D eigenvalue weighted by atomic mass is 10.5. The van der Waals surface area contributed by atoms with Gasteiger partial charge in [0.25, 0.3) is 5.56 Å². The lowest BCUT2D eigenvalue weighted by Crippen LogP contribution is -2.06. The van der Waals surface area contributed by atoms with Crippen LogP contribution >= 0.6 is 11.8 Å². The molecule has 0 unspecified atom stereocenters. The van der Waals surface area contributed by atoms with Crippen LogP contribution in [0.25, 0.3) is 5.65 Å². The van der Waals surface area contributed by atoms with Gasteiger partial charge in [-0.1, -0.05) is 17.8 Å². The highest BCUT2D eigenvalue weighted by Gasteiger charge is 2.04. The number of fused-ring (bicyclic) bond motifs is 1. The molecule has 0 amide bonds. The first-order valence-corrected chi connectivity index (χ1v) is 6.55. The topological polar surface area (TPSA) is 83.3 Å². The molecule has 0 fully saturated rings. The Morgan fingerprint density at radius 2 is 2.26 bits per heavy atom. The summed E-state index contributed by atoms with van der Waals surface area (Å²) in [4.78, 5) is 22.0. The number of thioether (sulfide) groups is 1. The van der Waals surface area contributed by atoms with Crippen molar-refractivity contribution >= 4 is 17.4 Å². The van der Waals surface area contributed by atoms with Gasteiger partial charge in [-0.2, -0.15) is 4.98 Å². The van der Waals surface area contributed by atoms with Gasteiger partial charge in [-0.05, 0) is 12.1 Å². The zero-order valence-electron chi connectivity index (χ0n) is 9.78. The van der Waals surface area contributed by atoms with E-state index in [1.165, 1.54) is 11.8 Å². The molecule has 0 spiro atoms. The van der Waals surface area contributed by atoms with Crippen LogP contribution in [0.2, 0.25) is 0 Å². The molecule has 3 heterocycles. The Morgan fingerprint density at radius 3 is 3.05 bits per heavy atom. The van der Waals surface area contributed by atoms with Crippen LogP contribution in [0.5, 0.6) is 5.88 Å². The molecule has 0 saturated carbocycles. The number of nitrogens with zero attached hydrogens (tertiary/aromatic N) is 3. The predicted octanol–water partition coefficient (Wildman–Crippen LogP) is 1.42. The first-order chi connectivity index (χ1) is 9.20. The monoisotopic (exact) mass is 274 g/mol. The highest BCUT2D eigenvalue weighted by atomic mass is 32.2. The highest BCUT2D eigenvalue weighted by Crippen LogP contribution is 2.19. The number of aromatic nitrogens is 4. The molecule has 0 aliphatic heterocycles. The molecular weight excluding hydrogens is 264 g/mol. The van der Waals surface area contributed by atoms with Crippen LogP contribution < -0.4 is 5.56 Å². The van der Waals surface area contributed by atoms with Gasteiger partial charge in [0, 0.05) is 18.1 Å². The molecule has 0 aliphatic carbocycles. The number of nitrogens with one attached hydrogen (secondary N) is 1. The second-order valence-electron chi connectivity index (χ2n) is 3.90. The molecule has 0 radical (unpaired) electrons. The van der Waals surface area contributed by atoms with Gasteiger partial charge < -0.3 is 14.5 Å². The predicted molar refractivity (Wildman–Crippen MR) is 71.3 cm³/mol. The van der Waals surface area contributed by atoms with Gasteiger partial charge in [0.05, 0.1) is 11.8 Å². The van der Waals surface area contributed by atoms with Crippen molar-refractivity contribution in [2.45, 2.75) is 10.9 Å². The molecule has 7 heteroatoms. The van der Waals surface area contributed by atoms with Crippen molar-refractivity contribution < 1.29 is 5.11 Å². The molecule has 3 rings (SSSR count). The normalized spacial score (nSPS) is 10.9. The summed E-state index contributed by atoms with van der Waals surface area (Å²) in [6.45, 7) is 0.